The number of carbonyl (C=O) groups excluding carboxylic acids is 1. The Morgan fingerprint density at radius 1 is 1.38 bits per heavy atom. The van der Waals surface area contributed by atoms with Gasteiger partial charge in [0, 0.05) is 12.1 Å². The minimum Gasteiger partial charge on any atom is -0.507 e. The lowest BCUT2D eigenvalue weighted by Crippen LogP contribution is -2.20. The molecule has 1 heterocycles. The number of phenolic OH excluding ortho intramolecular Hbond substituents is 1. The van der Waals surface area contributed by atoms with Crippen LogP contribution in [0.1, 0.15) is 12.5 Å². The first kappa shape index (κ1) is 18.1. The van der Waals surface area contributed by atoms with Gasteiger partial charge in [-0.2, -0.15) is 5.10 Å². The molecule has 2 N–H and O–H groups in total. The van der Waals surface area contributed by atoms with Gasteiger partial charge >= 0.3 is 0 Å². The number of fused-ring (bicyclic) bond motifs is 1. The zero-order valence-electron chi connectivity index (χ0n) is 14.2. The number of aryl methyl sites for hydroxylation is 1. The topological polar surface area (TPSA) is 79.5 Å². The number of hydrogen-bond donors (Lipinski definition) is 2. The summed E-state index contributed by atoms with van der Waals surface area (Å²) < 4.78 is 2.07. The van der Waals surface area contributed by atoms with Gasteiger partial charge in [-0.15, -0.1) is 0 Å². The van der Waals surface area contributed by atoms with Crippen LogP contribution in [0.15, 0.2) is 52.7 Å². The summed E-state index contributed by atoms with van der Waals surface area (Å²) in [6.07, 6.45) is 1.36. The lowest BCUT2D eigenvalue weighted by molar-refractivity contribution is -0.118. The van der Waals surface area contributed by atoms with Gasteiger partial charge in [0.25, 0.3) is 5.91 Å². The van der Waals surface area contributed by atoms with E-state index in [-0.39, 0.29) is 17.4 Å². The molecule has 0 aliphatic heterocycles. The molecule has 1 amide bonds. The molecule has 6 nitrogen and oxygen atoms in total. The second kappa shape index (κ2) is 8.10. The van der Waals surface area contributed by atoms with E-state index >= 15 is 0 Å². The van der Waals surface area contributed by atoms with Gasteiger partial charge in [0.05, 0.1) is 23.0 Å². The van der Waals surface area contributed by atoms with Crippen molar-refractivity contribution in [3.63, 3.8) is 0 Å². The number of aromatic hydroxyl groups is 1. The quantitative estimate of drug-likeness (QED) is 0.303. The molecule has 3 rings (SSSR count). The van der Waals surface area contributed by atoms with Crippen molar-refractivity contribution >= 4 is 48.2 Å². The number of nitrogens with one attached hydrogen (secondary N) is 1. The molecule has 0 fully saturated rings. The van der Waals surface area contributed by atoms with Crippen LogP contribution in [0.4, 0.5) is 0 Å². The van der Waals surface area contributed by atoms with Gasteiger partial charge < -0.3 is 9.67 Å². The molecule has 2 aromatic carbocycles. The maximum atomic E-state index is 12.0. The highest BCUT2D eigenvalue weighted by Gasteiger charge is 2.11. The molecule has 0 aliphatic rings. The van der Waals surface area contributed by atoms with Crippen LogP contribution in [0.25, 0.3) is 11.0 Å². The molecule has 0 spiro atoms. The summed E-state index contributed by atoms with van der Waals surface area (Å²) in [5.74, 6) is -0.0311. The lowest BCUT2D eigenvalue weighted by Gasteiger charge is -2.05. The van der Waals surface area contributed by atoms with E-state index in [4.69, 9.17) is 7.85 Å². The van der Waals surface area contributed by atoms with Crippen molar-refractivity contribution < 1.29 is 9.90 Å². The van der Waals surface area contributed by atoms with Crippen LogP contribution in [-0.4, -0.2) is 40.4 Å². The minimum atomic E-state index is -0.260. The van der Waals surface area contributed by atoms with Crippen molar-refractivity contribution in [1.29, 1.82) is 0 Å². The zero-order chi connectivity index (χ0) is 18.5. The van der Waals surface area contributed by atoms with Crippen LogP contribution in [0.3, 0.4) is 0 Å². The third-order valence-electron chi connectivity index (χ3n) is 3.71. The molecule has 8 heteroatoms. The van der Waals surface area contributed by atoms with E-state index in [0.29, 0.717) is 11.0 Å². The Morgan fingerprint density at radius 3 is 3.00 bits per heavy atom. The van der Waals surface area contributed by atoms with Crippen molar-refractivity contribution in [2.24, 2.45) is 5.10 Å². The Kier molecular flexibility index (Phi) is 5.63. The van der Waals surface area contributed by atoms with Crippen LogP contribution in [0, 0.1) is 0 Å². The Hall–Kier alpha value is -2.74. The first-order valence-corrected chi connectivity index (χ1v) is 9.05. The molecule has 130 valence electrons. The fourth-order valence-corrected chi connectivity index (χ4v) is 3.35. The zero-order valence-corrected chi connectivity index (χ0v) is 15.0. The molecule has 0 saturated heterocycles. The second-order valence-electron chi connectivity index (χ2n) is 5.53. The van der Waals surface area contributed by atoms with Gasteiger partial charge in [-0.05, 0) is 25.1 Å². The third-order valence-corrected chi connectivity index (χ3v) is 4.69. The van der Waals surface area contributed by atoms with E-state index in [1.54, 1.807) is 12.1 Å². The molecule has 0 unspecified atom stereocenters. The second-order valence-corrected chi connectivity index (χ2v) is 6.47. The first-order chi connectivity index (χ1) is 12.6. The standard InChI is InChI=1S/C18H17BN4O2S/c1-2-23-15-6-4-3-5-14(15)21-18(23)26-11-17(25)22-20-10-12-9-13(19)7-8-16(12)24/h3-10,24H,2,11H2,1H3,(H,22,25)/b20-10+. The lowest BCUT2D eigenvalue weighted by atomic mass is 9.94. The number of hydrazone groups is 1. The molecule has 0 saturated carbocycles. The molecule has 2 radical (unpaired) electrons. The molecule has 1 aromatic heterocycles. The summed E-state index contributed by atoms with van der Waals surface area (Å²) in [5.41, 5.74) is 5.34. The number of imidazole rings is 1. The summed E-state index contributed by atoms with van der Waals surface area (Å²) in [6.45, 7) is 2.82. The number of carbonyl (C=O) groups is 1. The van der Waals surface area contributed by atoms with Crippen LogP contribution < -0.4 is 10.9 Å². The Labute approximate surface area is 156 Å². The van der Waals surface area contributed by atoms with E-state index in [9.17, 15) is 9.90 Å². The Morgan fingerprint density at radius 2 is 2.19 bits per heavy atom. The average Bonchev–Trinajstić information content (AvgIpc) is 3.00. The van der Waals surface area contributed by atoms with Gasteiger partial charge in [0.1, 0.15) is 13.6 Å². The number of rotatable bonds is 6. The van der Waals surface area contributed by atoms with Crippen molar-refractivity contribution in [1.82, 2.24) is 15.0 Å². The van der Waals surface area contributed by atoms with Crippen LogP contribution in [-0.2, 0) is 11.3 Å². The van der Waals surface area contributed by atoms with Gasteiger partial charge in [-0.25, -0.2) is 10.4 Å². The number of phenols is 1. The van der Waals surface area contributed by atoms with Gasteiger partial charge in [-0.3, -0.25) is 4.79 Å². The predicted octanol–water partition coefficient (Wildman–Crippen LogP) is 1.80. The fraction of sp³-hybridized carbons (Fsp3) is 0.167. The van der Waals surface area contributed by atoms with E-state index in [2.05, 4.69) is 20.1 Å². The van der Waals surface area contributed by atoms with E-state index in [1.165, 1.54) is 24.0 Å². The normalized spacial score (nSPS) is 11.3. The SMILES string of the molecule is [B]c1ccc(O)c(/C=N/NC(=O)CSc2nc3ccccc3n2CC)c1. The molecular weight excluding hydrogens is 347 g/mol. The maximum Gasteiger partial charge on any atom is 0.250 e. The van der Waals surface area contributed by atoms with Gasteiger partial charge in [0.2, 0.25) is 0 Å². The first-order valence-electron chi connectivity index (χ1n) is 8.07. The molecular formula is C18H17BN4O2S. The highest BCUT2D eigenvalue weighted by atomic mass is 32.2. The van der Waals surface area contributed by atoms with E-state index in [0.717, 1.165) is 22.7 Å². The summed E-state index contributed by atoms with van der Waals surface area (Å²) in [6, 6.07) is 12.5. The Balaban J connectivity index is 1.61. The van der Waals surface area contributed by atoms with Crippen LogP contribution in [0.5, 0.6) is 5.75 Å². The number of benzene rings is 2. The number of aromatic nitrogens is 2. The minimum absolute atomic E-state index is 0.0447. The van der Waals surface area contributed by atoms with E-state index in [1.807, 2.05) is 31.2 Å². The summed E-state index contributed by atoms with van der Waals surface area (Å²) >= 11 is 1.35. The number of amides is 1. The third kappa shape index (κ3) is 4.08. The van der Waals surface area contributed by atoms with Crippen molar-refractivity contribution in [2.75, 3.05) is 5.75 Å². The summed E-state index contributed by atoms with van der Waals surface area (Å²) in [7, 11) is 5.66. The summed E-state index contributed by atoms with van der Waals surface area (Å²) in [5, 5.41) is 14.4. The number of hydrogen-bond acceptors (Lipinski definition) is 5. The molecule has 0 atom stereocenters. The van der Waals surface area contributed by atoms with Crippen molar-refractivity contribution in [3.05, 3.63) is 48.0 Å². The highest BCUT2D eigenvalue weighted by Crippen LogP contribution is 2.23. The molecule has 0 aliphatic carbocycles. The number of thioether (sulfide) groups is 1. The molecule has 26 heavy (non-hydrogen) atoms. The average molecular weight is 364 g/mol. The monoisotopic (exact) mass is 364 g/mol. The number of para-hydroxylation sites is 2. The Bertz CT molecular complexity index is 971. The smallest absolute Gasteiger partial charge is 0.250 e. The van der Waals surface area contributed by atoms with Crippen molar-refractivity contribution in [2.45, 2.75) is 18.6 Å². The predicted molar refractivity (Wildman–Crippen MR) is 105 cm³/mol. The number of nitrogens with zero attached hydrogens (tertiary/aromatic N) is 3. The van der Waals surface area contributed by atoms with Crippen LogP contribution >= 0.6 is 11.8 Å². The maximum absolute atomic E-state index is 12.0. The fourth-order valence-electron chi connectivity index (χ4n) is 2.48. The summed E-state index contributed by atoms with van der Waals surface area (Å²) in [4.78, 5) is 16.6. The molecule has 3 aromatic rings. The molecule has 0 bridgehead atoms. The van der Waals surface area contributed by atoms with Gasteiger partial charge in [0.15, 0.2) is 5.16 Å². The highest BCUT2D eigenvalue weighted by molar-refractivity contribution is 7.99. The van der Waals surface area contributed by atoms with Crippen LogP contribution in [0.2, 0.25) is 0 Å². The van der Waals surface area contributed by atoms with Gasteiger partial charge in [-0.1, -0.05) is 41.5 Å². The largest absolute Gasteiger partial charge is 0.507 e. The van der Waals surface area contributed by atoms with Crippen molar-refractivity contribution in [3.8, 4) is 5.75 Å². The van der Waals surface area contributed by atoms with E-state index < -0.39 is 0 Å².